The Morgan fingerprint density at radius 3 is 2.90 bits per heavy atom. The fourth-order valence-corrected chi connectivity index (χ4v) is 2.69. The molecule has 2 rings (SSSR count). The van der Waals surface area contributed by atoms with Crippen molar-refractivity contribution >= 4 is 5.91 Å². The van der Waals surface area contributed by atoms with Gasteiger partial charge in [-0.25, -0.2) is 0 Å². The Bertz CT molecular complexity index is 499. The average Bonchev–Trinajstić information content (AvgIpc) is 2.68. The maximum Gasteiger partial charge on any atom is 0.257 e. The monoisotopic (exact) mass is 295 g/mol. The summed E-state index contributed by atoms with van der Waals surface area (Å²) < 4.78 is 12.8. The highest BCUT2D eigenvalue weighted by Gasteiger charge is 2.20. The number of carbonyl (C=O) groups excluding carboxylic acids is 1. The molecule has 1 aliphatic rings. The molecule has 6 nitrogen and oxygen atoms in total. The van der Waals surface area contributed by atoms with Gasteiger partial charge < -0.3 is 14.8 Å². The van der Waals surface area contributed by atoms with Crippen molar-refractivity contribution in [3.8, 4) is 5.75 Å². The Morgan fingerprint density at radius 2 is 2.29 bits per heavy atom. The number of nitrogens with zero attached hydrogens (tertiary/aromatic N) is 2. The van der Waals surface area contributed by atoms with Crippen LogP contribution in [0, 0.1) is 19.8 Å². The van der Waals surface area contributed by atoms with Gasteiger partial charge in [-0.05, 0) is 39.5 Å². The van der Waals surface area contributed by atoms with E-state index in [2.05, 4.69) is 17.3 Å². The molecule has 6 heteroatoms. The van der Waals surface area contributed by atoms with Gasteiger partial charge in [0, 0.05) is 20.2 Å². The van der Waals surface area contributed by atoms with Crippen LogP contribution in [0.4, 0.5) is 0 Å². The molecule has 2 heterocycles. The van der Waals surface area contributed by atoms with Crippen LogP contribution in [0.3, 0.4) is 0 Å². The van der Waals surface area contributed by atoms with Gasteiger partial charge in [0.05, 0.1) is 11.8 Å². The van der Waals surface area contributed by atoms with Crippen LogP contribution in [0.25, 0.3) is 0 Å². The summed E-state index contributed by atoms with van der Waals surface area (Å²) in [7, 11) is 1.86. The molecule has 0 unspecified atom stereocenters. The Morgan fingerprint density at radius 1 is 1.52 bits per heavy atom. The molecule has 0 radical (unpaired) electrons. The standard InChI is InChI=1S/C15H25N3O3/c1-10-7-13(5-6-20-10)8-16-14(19)9-21-15-11(2)17-18(4)12(15)3/h10,13H,5-9H2,1-4H3,(H,16,19)/t10-,13-/m0/s1. The molecule has 0 spiro atoms. The van der Waals surface area contributed by atoms with Crippen molar-refractivity contribution in [1.29, 1.82) is 0 Å². The Labute approximate surface area is 125 Å². The highest BCUT2D eigenvalue weighted by molar-refractivity contribution is 5.77. The van der Waals surface area contributed by atoms with Gasteiger partial charge in [-0.15, -0.1) is 0 Å². The fraction of sp³-hybridized carbons (Fsp3) is 0.733. The summed E-state index contributed by atoms with van der Waals surface area (Å²) in [5.74, 6) is 1.11. The van der Waals surface area contributed by atoms with Crippen LogP contribution in [0.1, 0.15) is 31.2 Å². The minimum Gasteiger partial charge on any atom is -0.480 e. The topological polar surface area (TPSA) is 65.4 Å². The molecule has 0 saturated carbocycles. The zero-order valence-corrected chi connectivity index (χ0v) is 13.3. The van der Waals surface area contributed by atoms with E-state index < -0.39 is 0 Å². The van der Waals surface area contributed by atoms with E-state index in [0.29, 0.717) is 18.2 Å². The van der Waals surface area contributed by atoms with Crippen molar-refractivity contribution in [2.45, 2.75) is 39.7 Å². The molecule has 0 bridgehead atoms. The molecule has 1 N–H and O–H groups in total. The zero-order chi connectivity index (χ0) is 15.4. The van der Waals surface area contributed by atoms with Gasteiger partial charge in [0.15, 0.2) is 12.4 Å². The van der Waals surface area contributed by atoms with Gasteiger partial charge in [-0.1, -0.05) is 0 Å². The van der Waals surface area contributed by atoms with E-state index in [1.165, 1.54) is 0 Å². The first-order valence-corrected chi connectivity index (χ1v) is 7.48. The van der Waals surface area contributed by atoms with Crippen LogP contribution in [0.5, 0.6) is 5.75 Å². The van der Waals surface area contributed by atoms with E-state index in [0.717, 1.165) is 30.8 Å². The molecule has 0 aliphatic carbocycles. The van der Waals surface area contributed by atoms with Crippen LogP contribution >= 0.6 is 0 Å². The first-order chi connectivity index (χ1) is 9.97. The number of carbonyl (C=O) groups is 1. The van der Waals surface area contributed by atoms with E-state index in [4.69, 9.17) is 9.47 Å². The van der Waals surface area contributed by atoms with Crippen LogP contribution in [0.2, 0.25) is 0 Å². The van der Waals surface area contributed by atoms with Gasteiger partial charge in [0.25, 0.3) is 5.91 Å². The van der Waals surface area contributed by atoms with Gasteiger partial charge >= 0.3 is 0 Å². The lowest BCUT2D eigenvalue weighted by atomic mass is 9.96. The summed E-state index contributed by atoms with van der Waals surface area (Å²) in [5.41, 5.74) is 1.74. The minimum atomic E-state index is -0.0863. The molecule has 1 amide bonds. The van der Waals surface area contributed by atoms with Crippen molar-refractivity contribution in [3.63, 3.8) is 0 Å². The Hall–Kier alpha value is -1.56. The van der Waals surface area contributed by atoms with Crippen molar-refractivity contribution in [3.05, 3.63) is 11.4 Å². The smallest absolute Gasteiger partial charge is 0.257 e. The number of rotatable bonds is 5. The fourth-order valence-electron chi connectivity index (χ4n) is 2.69. The molecule has 21 heavy (non-hydrogen) atoms. The van der Waals surface area contributed by atoms with Gasteiger partial charge in [0.1, 0.15) is 5.69 Å². The third-order valence-electron chi connectivity index (χ3n) is 3.97. The highest BCUT2D eigenvalue weighted by atomic mass is 16.5. The number of aryl methyl sites for hydroxylation is 2. The lowest BCUT2D eigenvalue weighted by molar-refractivity contribution is -0.123. The SMILES string of the molecule is Cc1nn(C)c(C)c1OCC(=O)NC[C@H]1CCO[C@@H](C)C1. The normalized spacial score (nSPS) is 22.1. The second-order valence-electron chi connectivity index (χ2n) is 5.79. The van der Waals surface area contributed by atoms with Gasteiger partial charge in [-0.3, -0.25) is 9.48 Å². The molecule has 1 aliphatic heterocycles. The summed E-state index contributed by atoms with van der Waals surface area (Å²) in [6.07, 6.45) is 2.30. The Kier molecular flexibility index (Phi) is 5.22. The molecule has 118 valence electrons. The Balaban J connectivity index is 1.74. The molecule has 2 atom stereocenters. The largest absolute Gasteiger partial charge is 0.480 e. The maximum atomic E-state index is 11.9. The second kappa shape index (κ2) is 6.93. The second-order valence-corrected chi connectivity index (χ2v) is 5.79. The number of ether oxygens (including phenoxy) is 2. The predicted molar refractivity (Wildman–Crippen MR) is 79.3 cm³/mol. The molecule has 0 aromatic carbocycles. The predicted octanol–water partition coefficient (Wildman–Crippen LogP) is 1.35. The summed E-state index contributed by atoms with van der Waals surface area (Å²) in [4.78, 5) is 11.9. The van der Waals surface area contributed by atoms with Gasteiger partial charge in [-0.2, -0.15) is 5.10 Å². The van der Waals surface area contributed by atoms with Crippen LogP contribution in [0.15, 0.2) is 0 Å². The third-order valence-corrected chi connectivity index (χ3v) is 3.97. The van der Waals surface area contributed by atoms with E-state index >= 15 is 0 Å². The first kappa shape index (κ1) is 15.8. The molecular weight excluding hydrogens is 270 g/mol. The average molecular weight is 295 g/mol. The highest BCUT2D eigenvalue weighted by Crippen LogP contribution is 2.21. The summed E-state index contributed by atoms with van der Waals surface area (Å²) >= 11 is 0. The molecule has 1 aromatic heterocycles. The molecular formula is C15H25N3O3. The minimum absolute atomic E-state index is 0.0339. The zero-order valence-electron chi connectivity index (χ0n) is 13.3. The van der Waals surface area contributed by atoms with E-state index in [1.54, 1.807) is 4.68 Å². The van der Waals surface area contributed by atoms with Crippen molar-refractivity contribution in [2.24, 2.45) is 13.0 Å². The first-order valence-electron chi connectivity index (χ1n) is 7.48. The molecule has 1 saturated heterocycles. The lowest BCUT2D eigenvalue weighted by Gasteiger charge is -2.27. The van der Waals surface area contributed by atoms with Crippen molar-refractivity contribution in [2.75, 3.05) is 19.8 Å². The van der Waals surface area contributed by atoms with Crippen LogP contribution in [-0.2, 0) is 16.6 Å². The number of hydrogen-bond donors (Lipinski definition) is 1. The third kappa shape index (κ3) is 4.20. The van der Waals surface area contributed by atoms with Crippen molar-refractivity contribution in [1.82, 2.24) is 15.1 Å². The molecule has 1 aromatic rings. The summed E-state index contributed by atoms with van der Waals surface area (Å²) in [6.45, 7) is 7.39. The van der Waals surface area contributed by atoms with Gasteiger partial charge in [0.2, 0.25) is 0 Å². The summed E-state index contributed by atoms with van der Waals surface area (Å²) in [6, 6.07) is 0. The van der Waals surface area contributed by atoms with Crippen LogP contribution in [-0.4, -0.2) is 41.6 Å². The summed E-state index contributed by atoms with van der Waals surface area (Å²) in [5, 5.41) is 7.20. The van der Waals surface area contributed by atoms with E-state index in [1.807, 2.05) is 20.9 Å². The van der Waals surface area contributed by atoms with E-state index in [9.17, 15) is 4.79 Å². The van der Waals surface area contributed by atoms with Crippen molar-refractivity contribution < 1.29 is 14.3 Å². The lowest BCUT2D eigenvalue weighted by Crippen LogP contribution is -2.36. The quantitative estimate of drug-likeness (QED) is 0.890. The number of hydrogen-bond acceptors (Lipinski definition) is 4. The number of nitrogens with one attached hydrogen (secondary N) is 1. The maximum absolute atomic E-state index is 11.9. The number of amides is 1. The van der Waals surface area contributed by atoms with E-state index in [-0.39, 0.29) is 18.6 Å². The molecule has 1 fully saturated rings. The number of aromatic nitrogens is 2. The van der Waals surface area contributed by atoms with Crippen LogP contribution < -0.4 is 10.1 Å².